The summed E-state index contributed by atoms with van der Waals surface area (Å²) < 4.78 is 13.3. The van der Waals surface area contributed by atoms with E-state index in [-0.39, 0.29) is 33.2 Å². The first-order valence-corrected chi connectivity index (χ1v) is 23.6. The molecule has 1 aliphatic rings. The van der Waals surface area contributed by atoms with E-state index < -0.39 is 0 Å². The van der Waals surface area contributed by atoms with Crippen LogP contribution in [0.2, 0.25) is 0 Å². The van der Waals surface area contributed by atoms with Crippen LogP contribution in [-0.2, 0) is 21.7 Å². The Balaban J connectivity index is 1.93. The number of fused-ring (bicyclic) bond motifs is 8. The quantitative estimate of drug-likeness (QED) is 0.118. The Morgan fingerprint density at radius 1 is 0.411 bits per heavy atom. The van der Waals surface area contributed by atoms with Gasteiger partial charge in [-0.2, -0.15) is 0 Å². The number of benzene rings is 4. The van der Waals surface area contributed by atoms with Crippen molar-refractivity contribution in [3.63, 3.8) is 0 Å². The normalized spacial score (nSPS) is 13.8. The van der Waals surface area contributed by atoms with E-state index >= 15 is 0 Å². The van der Waals surface area contributed by atoms with Crippen molar-refractivity contribution in [1.82, 2.24) is 0 Å². The molecular formula is C46H58Cl2O4S4. The first kappa shape index (κ1) is 45.1. The van der Waals surface area contributed by atoms with Crippen molar-refractivity contribution in [2.24, 2.45) is 0 Å². The predicted molar refractivity (Wildman–Crippen MR) is 242 cm³/mol. The maximum absolute atomic E-state index is 12.3. The van der Waals surface area contributed by atoms with Crippen LogP contribution >= 0.6 is 70.2 Å². The Kier molecular flexibility index (Phi) is 14.3. The number of phenolic OH excluding ortho intramolecular Hbond substituents is 2. The van der Waals surface area contributed by atoms with Crippen LogP contribution in [-0.4, -0.2) is 35.2 Å². The molecule has 0 unspecified atom stereocenters. The van der Waals surface area contributed by atoms with E-state index in [1.54, 1.807) is 0 Å². The highest BCUT2D eigenvalue weighted by molar-refractivity contribution is 8.01. The fourth-order valence-electron chi connectivity index (χ4n) is 5.88. The summed E-state index contributed by atoms with van der Waals surface area (Å²) in [6.07, 6.45) is 1.36. The van der Waals surface area contributed by atoms with Crippen molar-refractivity contribution in [3.05, 3.63) is 70.8 Å². The second-order valence-corrected chi connectivity index (χ2v) is 23.5. The maximum atomic E-state index is 12.3. The fourth-order valence-corrected chi connectivity index (χ4v) is 10.7. The molecule has 4 nitrogen and oxygen atoms in total. The summed E-state index contributed by atoms with van der Waals surface area (Å²) in [5, 5.41) is 24.7. The van der Waals surface area contributed by atoms with Crippen molar-refractivity contribution >= 4 is 70.2 Å². The lowest BCUT2D eigenvalue weighted by Crippen LogP contribution is -2.13. The molecule has 0 fully saturated rings. The molecule has 0 aliphatic carbocycles. The summed E-state index contributed by atoms with van der Waals surface area (Å²) >= 11 is 18.4. The van der Waals surface area contributed by atoms with Crippen molar-refractivity contribution in [2.75, 3.05) is 25.0 Å². The Bertz CT molecular complexity index is 1810. The molecule has 0 radical (unpaired) electrons. The monoisotopic (exact) mass is 872 g/mol. The number of alkyl halides is 2. The lowest BCUT2D eigenvalue weighted by atomic mass is 9.87. The molecule has 304 valence electrons. The number of halogens is 2. The molecular weight excluding hydrogens is 816 g/mol. The van der Waals surface area contributed by atoms with E-state index in [0.29, 0.717) is 49.3 Å². The highest BCUT2D eigenvalue weighted by Crippen LogP contribution is 2.56. The summed E-state index contributed by atoms with van der Waals surface area (Å²) in [7, 11) is 0. The summed E-state index contributed by atoms with van der Waals surface area (Å²) in [6, 6.07) is 17.2. The predicted octanol–water partition coefficient (Wildman–Crippen LogP) is 15.2. The van der Waals surface area contributed by atoms with Gasteiger partial charge in [0.25, 0.3) is 0 Å². The molecule has 5 rings (SSSR count). The van der Waals surface area contributed by atoms with Crippen LogP contribution in [0, 0.1) is 0 Å². The van der Waals surface area contributed by atoms with Crippen LogP contribution in [0.4, 0.5) is 0 Å². The van der Waals surface area contributed by atoms with Gasteiger partial charge in [-0.1, -0.05) is 130 Å². The van der Waals surface area contributed by atoms with Crippen LogP contribution in [0.1, 0.15) is 118 Å². The number of phenols is 2. The third-order valence-electron chi connectivity index (χ3n) is 9.51. The zero-order valence-corrected chi connectivity index (χ0v) is 39.7. The lowest BCUT2D eigenvalue weighted by molar-refractivity contribution is 0.303. The summed E-state index contributed by atoms with van der Waals surface area (Å²) in [5.41, 5.74) is 3.66. The third-order valence-corrected chi connectivity index (χ3v) is 14.3. The maximum Gasteiger partial charge on any atom is 0.147 e. The first-order chi connectivity index (χ1) is 26.0. The summed E-state index contributed by atoms with van der Waals surface area (Å²) in [6.45, 7) is 27.3. The van der Waals surface area contributed by atoms with E-state index in [1.807, 2.05) is 0 Å². The number of rotatable bonds is 8. The number of hydrogen-bond acceptors (Lipinski definition) is 8. The molecule has 8 bridgehead atoms. The smallest absolute Gasteiger partial charge is 0.147 e. The first-order valence-electron chi connectivity index (χ1n) is 19.2. The van der Waals surface area contributed by atoms with Gasteiger partial charge in [-0.3, -0.25) is 0 Å². The summed E-state index contributed by atoms with van der Waals surface area (Å²) in [5.74, 6) is 2.80. The van der Waals surface area contributed by atoms with E-state index in [1.165, 1.54) is 47.0 Å². The molecule has 2 N–H and O–H groups in total. The molecule has 10 heteroatoms. The SMILES string of the molecule is CC(C)(C)c1cc2c(O)c(c1)Sc1cc(C(C)(C)C)cc(c1OCCCCl)Sc1cc(C(C)(C)C)cc(c1O)Sc1cc(C(C)(C)C)cc(c1OCCCCl)S2. The molecule has 1 heterocycles. The molecule has 0 amide bonds. The minimum absolute atomic E-state index is 0.194. The molecule has 0 saturated carbocycles. The molecule has 4 aromatic rings. The van der Waals surface area contributed by atoms with Crippen LogP contribution in [0.5, 0.6) is 23.0 Å². The Morgan fingerprint density at radius 3 is 0.821 bits per heavy atom. The highest BCUT2D eigenvalue weighted by Gasteiger charge is 2.29. The third kappa shape index (κ3) is 10.8. The van der Waals surface area contributed by atoms with Crippen molar-refractivity contribution < 1.29 is 19.7 Å². The van der Waals surface area contributed by atoms with Crippen LogP contribution in [0.25, 0.3) is 0 Å². The van der Waals surface area contributed by atoms with Gasteiger partial charge < -0.3 is 19.7 Å². The molecule has 56 heavy (non-hydrogen) atoms. The van der Waals surface area contributed by atoms with Crippen molar-refractivity contribution in [1.29, 1.82) is 0 Å². The Hall–Kier alpha value is -1.94. The summed E-state index contributed by atoms with van der Waals surface area (Å²) in [4.78, 5) is 6.52. The van der Waals surface area contributed by atoms with Gasteiger partial charge in [0.2, 0.25) is 0 Å². The van der Waals surface area contributed by atoms with Gasteiger partial charge in [-0.05, 0) is 105 Å². The molecule has 0 saturated heterocycles. The Labute approximate surface area is 363 Å². The molecule has 4 aromatic carbocycles. The Morgan fingerprint density at radius 2 is 0.625 bits per heavy atom. The molecule has 0 spiro atoms. The molecule has 1 aliphatic heterocycles. The van der Waals surface area contributed by atoms with Gasteiger partial charge in [-0.25, -0.2) is 0 Å². The van der Waals surface area contributed by atoms with Gasteiger partial charge in [0, 0.05) is 11.8 Å². The van der Waals surface area contributed by atoms with Crippen molar-refractivity contribution in [2.45, 2.75) is 157 Å². The standard InChI is InChI=1S/C46H58Cl2O4S4/c1-43(2,3)27-19-31-39(49)32(20-27)54-36-24-30(46(10,11)12)26-38(42(36)52-18-14-16-48)56-34-22-28(44(4,5)6)21-33(40(34)50)55-37-25-29(45(7,8)9)23-35(53-31)41(37)51-17-13-15-47/h19-26,49-50H,13-18H2,1-12H3. The van der Waals surface area contributed by atoms with Gasteiger partial charge in [-0.15, -0.1) is 23.2 Å². The highest BCUT2D eigenvalue weighted by atomic mass is 35.5. The number of ether oxygens (including phenoxy) is 2. The van der Waals surface area contributed by atoms with Crippen molar-refractivity contribution in [3.8, 4) is 23.0 Å². The van der Waals surface area contributed by atoms with Gasteiger partial charge >= 0.3 is 0 Å². The van der Waals surface area contributed by atoms with E-state index in [9.17, 15) is 10.2 Å². The number of hydrogen-bond donors (Lipinski definition) is 2. The van der Waals surface area contributed by atoms with E-state index in [2.05, 4.69) is 132 Å². The minimum Gasteiger partial charge on any atom is -0.506 e. The van der Waals surface area contributed by atoms with Gasteiger partial charge in [0.15, 0.2) is 0 Å². The molecule has 0 atom stereocenters. The van der Waals surface area contributed by atoms with Gasteiger partial charge in [0.05, 0.1) is 52.4 Å². The van der Waals surface area contributed by atoms with E-state index in [0.717, 1.165) is 61.4 Å². The second-order valence-electron chi connectivity index (χ2n) is 18.4. The minimum atomic E-state index is -0.202. The fraction of sp³-hybridized carbons (Fsp3) is 0.478. The largest absolute Gasteiger partial charge is 0.506 e. The zero-order chi connectivity index (χ0) is 41.4. The zero-order valence-electron chi connectivity index (χ0n) is 35.0. The lowest BCUT2D eigenvalue weighted by Gasteiger charge is -2.27. The van der Waals surface area contributed by atoms with Crippen LogP contribution in [0.15, 0.2) is 87.7 Å². The number of aromatic hydroxyl groups is 2. The topological polar surface area (TPSA) is 58.9 Å². The molecule has 0 aromatic heterocycles. The average Bonchev–Trinajstić information content (AvgIpc) is 3.07. The van der Waals surface area contributed by atoms with Crippen LogP contribution < -0.4 is 9.47 Å². The van der Waals surface area contributed by atoms with Crippen LogP contribution in [0.3, 0.4) is 0 Å². The van der Waals surface area contributed by atoms with E-state index in [4.69, 9.17) is 32.7 Å². The second kappa shape index (κ2) is 17.7. The average molecular weight is 874 g/mol. The van der Waals surface area contributed by atoms with Gasteiger partial charge in [0.1, 0.15) is 23.0 Å².